The summed E-state index contributed by atoms with van der Waals surface area (Å²) < 4.78 is 0. The summed E-state index contributed by atoms with van der Waals surface area (Å²) in [6.07, 6.45) is 0. The van der Waals surface area contributed by atoms with Crippen LogP contribution in [-0.2, 0) is 4.79 Å². The van der Waals surface area contributed by atoms with Gasteiger partial charge in [0.1, 0.15) is 5.37 Å². The van der Waals surface area contributed by atoms with Crippen molar-refractivity contribution < 1.29 is 9.59 Å². The van der Waals surface area contributed by atoms with Gasteiger partial charge in [-0.2, -0.15) is 0 Å². The first-order valence-electron chi connectivity index (χ1n) is 9.19. The highest BCUT2D eigenvalue weighted by Gasteiger charge is 2.34. The Morgan fingerprint density at radius 1 is 1.10 bits per heavy atom. The molecule has 1 aliphatic rings. The van der Waals surface area contributed by atoms with Gasteiger partial charge in [-0.15, -0.1) is 23.1 Å². The van der Waals surface area contributed by atoms with Crippen molar-refractivity contribution in [2.24, 2.45) is 0 Å². The van der Waals surface area contributed by atoms with E-state index in [2.05, 4.69) is 5.32 Å². The number of amides is 2. The average Bonchev–Trinajstić information content (AvgIpc) is 3.38. The SMILES string of the molecule is CN(C)c1ccc(N2C(=O)CS[C@H]2c2cccc(NC(=O)c3cccs3)c2)cc1. The van der Waals surface area contributed by atoms with Crippen LogP contribution in [0.3, 0.4) is 0 Å². The highest BCUT2D eigenvalue weighted by molar-refractivity contribution is 8.00. The van der Waals surface area contributed by atoms with Crippen LogP contribution in [-0.4, -0.2) is 31.7 Å². The number of benzene rings is 2. The molecule has 2 amide bonds. The third-order valence-electron chi connectivity index (χ3n) is 4.69. The molecule has 0 bridgehead atoms. The van der Waals surface area contributed by atoms with Crippen LogP contribution in [0.5, 0.6) is 0 Å². The van der Waals surface area contributed by atoms with Gasteiger partial charge in [0, 0.05) is 31.2 Å². The molecule has 1 saturated heterocycles. The van der Waals surface area contributed by atoms with E-state index in [0.29, 0.717) is 10.6 Å². The van der Waals surface area contributed by atoms with Crippen molar-refractivity contribution in [3.8, 4) is 0 Å². The van der Waals surface area contributed by atoms with E-state index in [1.807, 2.05) is 83.9 Å². The summed E-state index contributed by atoms with van der Waals surface area (Å²) in [5.74, 6) is 0.403. The van der Waals surface area contributed by atoms with E-state index in [1.54, 1.807) is 17.8 Å². The molecule has 0 unspecified atom stereocenters. The van der Waals surface area contributed by atoms with E-state index in [4.69, 9.17) is 0 Å². The molecule has 1 aliphatic heterocycles. The minimum Gasteiger partial charge on any atom is -0.378 e. The second kappa shape index (κ2) is 8.31. The fraction of sp³-hybridized carbons (Fsp3) is 0.182. The molecule has 5 nitrogen and oxygen atoms in total. The molecule has 1 aromatic heterocycles. The van der Waals surface area contributed by atoms with Crippen molar-refractivity contribution in [1.29, 1.82) is 0 Å². The minimum absolute atomic E-state index is 0.0885. The second-order valence-corrected chi connectivity index (χ2v) is 8.91. The summed E-state index contributed by atoms with van der Waals surface area (Å²) in [5, 5.41) is 4.71. The molecule has 1 N–H and O–H groups in total. The van der Waals surface area contributed by atoms with Crippen molar-refractivity contribution in [3.63, 3.8) is 0 Å². The minimum atomic E-state index is -0.122. The number of thiophene rings is 1. The molecule has 4 rings (SSSR count). The predicted octanol–water partition coefficient (Wildman–Crippen LogP) is 4.85. The summed E-state index contributed by atoms with van der Waals surface area (Å²) in [7, 11) is 3.98. The molecule has 1 atom stereocenters. The van der Waals surface area contributed by atoms with E-state index >= 15 is 0 Å². The highest BCUT2D eigenvalue weighted by Crippen LogP contribution is 2.42. The van der Waals surface area contributed by atoms with Gasteiger partial charge in [-0.05, 0) is 53.4 Å². The average molecular weight is 424 g/mol. The number of hydrogen-bond acceptors (Lipinski definition) is 5. The molecule has 3 aromatic rings. The Hall–Kier alpha value is -2.77. The number of thioether (sulfide) groups is 1. The Balaban J connectivity index is 1.58. The molecule has 1 fully saturated rings. The number of nitrogens with one attached hydrogen (secondary N) is 1. The van der Waals surface area contributed by atoms with Gasteiger partial charge >= 0.3 is 0 Å². The van der Waals surface area contributed by atoms with Crippen molar-refractivity contribution in [2.45, 2.75) is 5.37 Å². The molecule has 0 spiro atoms. The molecule has 0 radical (unpaired) electrons. The smallest absolute Gasteiger partial charge is 0.265 e. The lowest BCUT2D eigenvalue weighted by Gasteiger charge is -2.25. The van der Waals surface area contributed by atoms with Crippen LogP contribution in [0.25, 0.3) is 0 Å². The zero-order valence-corrected chi connectivity index (χ0v) is 17.8. The Kier molecular flexibility index (Phi) is 5.60. The molecule has 29 heavy (non-hydrogen) atoms. The van der Waals surface area contributed by atoms with Gasteiger partial charge in [-0.3, -0.25) is 14.5 Å². The maximum atomic E-state index is 12.6. The summed E-state index contributed by atoms with van der Waals surface area (Å²) in [6.45, 7) is 0. The zero-order valence-electron chi connectivity index (χ0n) is 16.2. The predicted molar refractivity (Wildman–Crippen MR) is 122 cm³/mol. The number of nitrogens with zero attached hydrogens (tertiary/aromatic N) is 2. The first kappa shape index (κ1) is 19.5. The molecule has 0 saturated carbocycles. The number of carbonyl (C=O) groups is 2. The molecule has 0 aliphatic carbocycles. The summed E-state index contributed by atoms with van der Waals surface area (Å²) >= 11 is 3.01. The third kappa shape index (κ3) is 4.16. The second-order valence-electron chi connectivity index (χ2n) is 6.89. The van der Waals surface area contributed by atoms with Crippen LogP contribution >= 0.6 is 23.1 Å². The molecule has 148 valence electrons. The highest BCUT2D eigenvalue weighted by atomic mass is 32.2. The lowest BCUT2D eigenvalue weighted by Crippen LogP contribution is -2.27. The van der Waals surface area contributed by atoms with Crippen molar-refractivity contribution in [1.82, 2.24) is 0 Å². The number of hydrogen-bond donors (Lipinski definition) is 1. The normalized spacial score (nSPS) is 16.1. The maximum Gasteiger partial charge on any atom is 0.265 e. The van der Waals surface area contributed by atoms with E-state index in [0.717, 1.165) is 22.6 Å². The van der Waals surface area contributed by atoms with Crippen LogP contribution in [0.1, 0.15) is 20.6 Å². The molecule has 2 heterocycles. The molecular formula is C22H21N3O2S2. The van der Waals surface area contributed by atoms with Crippen LogP contribution in [0.4, 0.5) is 17.1 Å². The summed E-state index contributed by atoms with van der Waals surface area (Å²) in [4.78, 5) is 29.5. The first-order chi connectivity index (χ1) is 14.0. The molecule has 7 heteroatoms. The Morgan fingerprint density at radius 2 is 1.90 bits per heavy atom. The van der Waals surface area contributed by atoms with Crippen molar-refractivity contribution in [2.75, 3.05) is 35.0 Å². The number of rotatable bonds is 5. The van der Waals surface area contributed by atoms with E-state index in [1.165, 1.54) is 11.3 Å². The van der Waals surface area contributed by atoms with E-state index in [-0.39, 0.29) is 17.2 Å². The third-order valence-corrected chi connectivity index (χ3v) is 6.77. The monoisotopic (exact) mass is 423 g/mol. The van der Waals surface area contributed by atoms with Gasteiger partial charge in [0.15, 0.2) is 0 Å². The number of carbonyl (C=O) groups excluding carboxylic acids is 2. The van der Waals surface area contributed by atoms with Crippen LogP contribution in [0.15, 0.2) is 66.0 Å². The lowest BCUT2D eigenvalue weighted by atomic mass is 10.1. The number of anilines is 3. The lowest BCUT2D eigenvalue weighted by molar-refractivity contribution is -0.115. The topological polar surface area (TPSA) is 52.6 Å². The van der Waals surface area contributed by atoms with Crippen LogP contribution < -0.4 is 15.1 Å². The van der Waals surface area contributed by atoms with Crippen LogP contribution in [0, 0.1) is 0 Å². The quantitative estimate of drug-likeness (QED) is 0.638. The Bertz CT molecular complexity index is 1020. The van der Waals surface area contributed by atoms with Gasteiger partial charge in [-0.1, -0.05) is 18.2 Å². The zero-order chi connectivity index (χ0) is 20.4. The Labute approximate surface area is 178 Å². The fourth-order valence-corrected chi connectivity index (χ4v) is 5.02. The largest absolute Gasteiger partial charge is 0.378 e. The van der Waals surface area contributed by atoms with Crippen molar-refractivity contribution in [3.05, 3.63) is 76.5 Å². The fourth-order valence-electron chi connectivity index (χ4n) is 3.23. The van der Waals surface area contributed by atoms with Gasteiger partial charge in [0.25, 0.3) is 5.91 Å². The summed E-state index contributed by atoms with van der Waals surface area (Å²) in [6, 6.07) is 19.4. The van der Waals surface area contributed by atoms with Gasteiger partial charge in [0.2, 0.25) is 5.91 Å². The van der Waals surface area contributed by atoms with E-state index in [9.17, 15) is 9.59 Å². The standard InChI is InChI=1S/C22H21N3O2S2/c1-24(2)17-8-10-18(11-9-17)25-20(26)14-29-22(25)15-5-3-6-16(13-15)23-21(27)19-7-4-12-28-19/h3-13,22H,14H2,1-2H3,(H,23,27)/t22-/m0/s1. The molecular weight excluding hydrogens is 402 g/mol. The first-order valence-corrected chi connectivity index (χ1v) is 11.1. The summed E-state index contributed by atoms with van der Waals surface area (Å²) in [5.41, 5.74) is 3.68. The van der Waals surface area contributed by atoms with Gasteiger partial charge < -0.3 is 10.2 Å². The van der Waals surface area contributed by atoms with Crippen LogP contribution in [0.2, 0.25) is 0 Å². The van der Waals surface area contributed by atoms with Crippen molar-refractivity contribution >= 4 is 52.0 Å². The maximum absolute atomic E-state index is 12.6. The Morgan fingerprint density at radius 3 is 2.59 bits per heavy atom. The van der Waals surface area contributed by atoms with Gasteiger partial charge in [0.05, 0.1) is 10.6 Å². The van der Waals surface area contributed by atoms with E-state index < -0.39 is 0 Å². The van der Waals surface area contributed by atoms with Gasteiger partial charge in [-0.25, -0.2) is 0 Å². The molecule has 2 aromatic carbocycles.